The quantitative estimate of drug-likeness (QED) is 0.504. The summed E-state index contributed by atoms with van der Waals surface area (Å²) in [6.45, 7) is 2.97. The molecule has 1 amide bonds. The van der Waals surface area contributed by atoms with Crippen LogP contribution in [0.1, 0.15) is 30.8 Å². The summed E-state index contributed by atoms with van der Waals surface area (Å²) in [5.74, 6) is 2.38. The lowest BCUT2D eigenvalue weighted by molar-refractivity contribution is -0.121. The van der Waals surface area contributed by atoms with E-state index in [0.717, 1.165) is 15.6 Å². The average Bonchev–Trinajstić information content (AvgIpc) is 3.21. The number of nitrogens with zero attached hydrogens (tertiary/aromatic N) is 1. The van der Waals surface area contributed by atoms with Gasteiger partial charge in [0.25, 0.3) is 0 Å². The maximum atomic E-state index is 12.5. The van der Waals surface area contributed by atoms with Crippen molar-refractivity contribution in [3.8, 4) is 22.8 Å². The number of nitrogens with one attached hydrogen (secondary N) is 1. The number of hydrogen-bond acceptors (Lipinski definition) is 5. The molecule has 30 heavy (non-hydrogen) atoms. The molecule has 4 rings (SSSR count). The van der Waals surface area contributed by atoms with Crippen LogP contribution >= 0.6 is 27.5 Å². The van der Waals surface area contributed by atoms with Crippen LogP contribution < -0.4 is 14.8 Å². The zero-order chi connectivity index (χ0) is 21.1. The van der Waals surface area contributed by atoms with Gasteiger partial charge >= 0.3 is 0 Å². The lowest BCUT2D eigenvalue weighted by Crippen LogP contribution is -2.27. The van der Waals surface area contributed by atoms with E-state index in [9.17, 15) is 4.79 Å². The molecule has 8 heteroatoms. The van der Waals surface area contributed by atoms with Crippen LogP contribution in [0.15, 0.2) is 51.5 Å². The van der Waals surface area contributed by atoms with E-state index in [1.807, 2.05) is 37.3 Å². The van der Waals surface area contributed by atoms with Crippen LogP contribution in [0.25, 0.3) is 11.3 Å². The summed E-state index contributed by atoms with van der Waals surface area (Å²) in [7, 11) is 0. The van der Waals surface area contributed by atoms with Crippen molar-refractivity contribution in [2.45, 2.75) is 25.8 Å². The van der Waals surface area contributed by atoms with Crippen molar-refractivity contribution in [1.29, 1.82) is 0 Å². The first-order valence-corrected chi connectivity index (χ1v) is 10.8. The second-order valence-electron chi connectivity index (χ2n) is 6.90. The molecule has 156 valence electrons. The zero-order valence-corrected chi connectivity index (χ0v) is 18.6. The number of aromatic nitrogens is 1. The van der Waals surface area contributed by atoms with E-state index in [1.165, 1.54) is 0 Å². The molecule has 1 atom stereocenters. The molecule has 0 saturated heterocycles. The molecule has 1 aromatic heterocycles. The van der Waals surface area contributed by atoms with E-state index in [1.54, 1.807) is 12.3 Å². The molecule has 6 nitrogen and oxygen atoms in total. The Labute approximate surface area is 187 Å². The largest absolute Gasteiger partial charge is 0.486 e. The molecule has 1 N–H and O–H groups in total. The number of halogens is 2. The summed E-state index contributed by atoms with van der Waals surface area (Å²) in [5.41, 5.74) is 1.70. The summed E-state index contributed by atoms with van der Waals surface area (Å²) < 4.78 is 17.8. The Kier molecular flexibility index (Phi) is 6.29. The standard InChI is InChI=1S/C22H20BrClN2O4/c1-13(15-10-18-19(11-16(15)23)29-9-8-28-18)26-21(27)6-7-22-25-12-20(30-22)14-4-2-3-5-17(14)24/h2-5,10-13H,6-9H2,1H3,(H,26,27). The van der Waals surface area contributed by atoms with Gasteiger partial charge in [0.15, 0.2) is 23.1 Å². The Bertz CT molecular complexity index is 1070. The fraction of sp³-hybridized carbons (Fsp3) is 0.273. The summed E-state index contributed by atoms with van der Waals surface area (Å²) >= 11 is 9.75. The second kappa shape index (κ2) is 9.10. The zero-order valence-electron chi connectivity index (χ0n) is 16.3. The minimum absolute atomic E-state index is 0.0956. The van der Waals surface area contributed by atoms with Crippen molar-refractivity contribution in [2.75, 3.05) is 13.2 Å². The molecule has 1 unspecified atom stereocenters. The maximum absolute atomic E-state index is 12.5. The molecule has 2 heterocycles. The molecular formula is C22H20BrClN2O4. The number of rotatable bonds is 6. The van der Waals surface area contributed by atoms with Crippen LogP contribution in [0, 0.1) is 0 Å². The number of hydrogen-bond donors (Lipinski definition) is 1. The first-order valence-electron chi connectivity index (χ1n) is 9.59. The van der Waals surface area contributed by atoms with E-state index in [4.69, 9.17) is 25.5 Å². The summed E-state index contributed by atoms with van der Waals surface area (Å²) in [5, 5.41) is 3.60. The third kappa shape index (κ3) is 4.63. The van der Waals surface area contributed by atoms with Crippen molar-refractivity contribution < 1.29 is 18.7 Å². The summed E-state index contributed by atoms with van der Waals surface area (Å²) in [4.78, 5) is 16.7. The van der Waals surface area contributed by atoms with Gasteiger partial charge in [-0.25, -0.2) is 4.98 Å². The Hall–Kier alpha value is -2.51. The predicted octanol–water partition coefficient (Wildman–Crippen LogP) is 5.34. The van der Waals surface area contributed by atoms with Crippen molar-refractivity contribution in [2.24, 2.45) is 0 Å². The SMILES string of the molecule is CC(NC(=O)CCc1ncc(-c2ccccc2Cl)o1)c1cc2c(cc1Br)OCCO2. The molecule has 0 fully saturated rings. The van der Waals surface area contributed by atoms with Gasteiger partial charge < -0.3 is 19.2 Å². The molecule has 2 aromatic carbocycles. The van der Waals surface area contributed by atoms with Gasteiger partial charge in [-0.2, -0.15) is 0 Å². The van der Waals surface area contributed by atoms with E-state index >= 15 is 0 Å². The van der Waals surface area contributed by atoms with Crippen LogP contribution in [0.2, 0.25) is 5.02 Å². The molecule has 0 aliphatic carbocycles. The third-order valence-corrected chi connectivity index (χ3v) is 5.78. The Morgan fingerprint density at radius 1 is 1.23 bits per heavy atom. The lowest BCUT2D eigenvalue weighted by Gasteiger charge is -2.22. The number of amides is 1. The molecule has 0 saturated carbocycles. The van der Waals surface area contributed by atoms with Gasteiger partial charge in [0.2, 0.25) is 5.91 Å². The number of oxazole rings is 1. The van der Waals surface area contributed by atoms with Gasteiger partial charge in [-0.1, -0.05) is 39.7 Å². The first-order chi connectivity index (χ1) is 14.5. The smallest absolute Gasteiger partial charge is 0.220 e. The van der Waals surface area contributed by atoms with E-state index in [0.29, 0.717) is 47.8 Å². The van der Waals surface area contributed by atoms with Gasteiger partial charge in [-0.3, -0.25) is 4.79 Å². The van der Waals surface area contributed by atoms with Crippen LogP contribution in [0.5, 0.6) is 11.5 Å². The number of ether oxygens (including phenoxy) is 2. The third-order valence-electron chi connectivity index (χ3n) is 4.76. The van der Waals surface area contributed by atoms with Crippen molar-refractivity contribution in [1.82, 2.24) is 10.3 Å². The van der Waals surface area contributed by atoms with E-state index < -0.39 is 0 Å². The van der Waals surface area contributed by atoms with Crippen LogP contribution in [0.3, 0.4) is 0 Å². The van der Waals surface area contributed by atoms with Crippen LogP contribution in [0.4, 0.5) is 0 Å². The number of carbonyl (C=O) groups excluding carboxylic acids is 1. The number of benzene rings is 2. The monoisotopic (exact) mass is 490 g/mol. The predicted molar refractivity (Wildman–Crippen MR) is 117 cm³/mol. The minimum Gasteiger partial charge on any atom is -0.486 e. The van der Waals surface area contributed by atoms with Crippen LogP contribution in [-0.4, -0.2) is 24.1 Å². The fourth-order valence-electron chi connectivity index (χ4n) is 3.23. The van der Waals surface area contributed by atoms with E-state index in [2.05, 4.69) is 26.2 Å². The van der Waals surface area contributed by atoms with Gasteiger partial charge in [0, 0.05) is 22.9 Å². The van der Waals surface area contributed by atoms with E-state index in [-0.39, 0.29) is 18.4 Å². The van der Waals surface area contributed by atoms with Crippen molar-refractivity contribution in [3.63, 3.8) is 0 Å². The number of fused-ring (bicyclic) bond motifs is 1. The molecule has 1 aliphatic heterocycles. The van der Waals surface area contributed by atoms with Gasteiger partial charge in [0.1, 0.15) is 13.2 Å². The molecule has 0 radical (unpaired) electrons. The maximum Gasteiger partial charge on any atom is 0.220 e. The van der Waals surface area contributed by atoms with Crippen molar-refractivity contribution >= 4 is 33.4 Å². The molecule has 1 aliphatic rings. The highest BCUT2D eigenvalue weighted by Crippen LogP contribution is 2.37. The first kappa shape index (κ1) is 20.8. The highest BCUT2D eigenvalue weighted by Gasteiger charge is 2.19. The van der Waals surface area contributed by atoms with Gasteiger partial charge in [-0.15, -0.1) is 0 Å². The molecule has 0 spiro atoms. The normalized spacial score (nSPS) is 13.7. The number of aryl methyl sites for hydroxylation is 1. The molecule has 0 bridgehead atoms. The van der Waals surface area contributed by atoms with Gasteiger partial charge in [-0.05, 0) is 36.8 Å². The Morgan fingerprint density at radius 2 is 1.97 bits per heavy atom. The topological polar surface area (TPSA) is 73.6 Å². The number of carbonyl (C=O) groups is 1. The highest BCUT2D eigenvalue weighted by atomic mass is 79.9. The minimum atomic E-state index is -0.203. The summed E-state index contributed by atoms with van der Waals surface area (Å²) in [6.07, 6.45) is 2.28. The molecule has 3 aromatic rings. The molecular weight excluding hydrogens is 472 g/mol. The average molecular weight is 492 g/mol. The lowest BCUT2D eigenvalue weighted by atomic mass is 10.1. The highest BCUT2D eigenvalue weighted by molar-refractivity contribution is 9.10. The van der Waals surface area contributed by atoms with Gasteiger partial charge in [0.05, 0.1) is 17.3 Å². The van der Waals surface area contributed by atoms with Crippen LogP contribution in [-0.2, 0) is 11.2 Å². The van der Waals surface area contributed by atoms with Crippen molar-refractivity contribution in [3.05, 3.63) is 63.5 Å². The fourth-order valence-corrected chi connectivity index (χ4v) is 4.13. The summed E-state index contributed by atoms with van der Waals surface area (Å²) in [6, 6.07) is 11.0. The second-order valence-corrected chi connectivity index (χ2v) is 8.17. The Morgan fingerprint density at radius 3 is 2.73 bits per heavy atom. The Balaban J connectivity index is 1.36.